The number of rotatable bonds is 3. The molecule has 1 fully saturated rings. The normalized spacial score (nSPS) is 22.8. The molecule has 2 nitrogen and oxygen atoms in total. The highest BCUT2D eigenvalue weighted by Gasteiger charge is 2.20. The van der Waals surface area contributed by atoms with E-state index >= 15 is 0 Å². The quantitative estimate of drug-likeness (QED) is 0.677. The molecule has 0 atom stereocenters. The van der Waals surface area contributed by atoms with Crippen molar-refractivity contribution in [1.82, 2.24) is 0 Å². The summed E-state index contributed by atoms with van der Waals surface area (Å²) in [5.74, 6) is 2.40. The van der Waals surface area contributed by atoms with Gasteiger partial charge in [-0.15, -0.1) is 0 Å². The van der Waals surface area contributed by atoms with Crippen molar-refractivity contribution in [1.29, 1.82) is 0 Å². The summed E-state index contributed by atoms with van der Waals surface area (Å²) in [6.07, 6.45) is 10.4. The van der Waals surface area contributed by atoms with Crippen LogP contribution in [0.1, 0.15) is 51.4 Å². The zero-order valence-corrected chi connectivity index (χ0v) is 9.84. The topological polar surface area (TPSA) is 26.3 Å². The van der Waals surface area contributed by atoms with E-state index in [0.29, 0.717) is 12.3 Å². The minimum absolute atomic E-state index is 0.192. The van der Waals surface area contributed by atoms with Gasteiger partial charge in [0.15, 0.2) is 5.78 Å². The van der Waals surface area contributed by atoms with E-state index < -0.39 is 0 Å². The molecular weight excluding hydrogens is 200 g/mol. The highest BCUT2D eigenvalue weighted by molar-refractivity contribution is 5.90. The lowest BCUT2D eigenvalue weighted by atomic mass is 9.88. The summed E-state index contributed by atoms with van der Waals surface area (Å²) in [5.41, 5.74) is 0. The van der Waals surface area contributed by atoms with Gasteiger partial charge in [0.2, 0.25) is 0 Å². The maximum atomic E-state index is 11.2. The molecule has 1 saturated carbocycles. The van der Waals surface area contributed by atoms with Crippen LogP contribution < -0.4 is 0 Å². The number of carbonyl (C=O) groups is 1. The van der Waals surface area contributed by atoms with Crippen molar-refractivity contribution >= 4 is 5.78 Å². The Kier molecular flexibility index (Phi) is 3.81. The van der Waals surface area contributed by atoms with Gasteiger partial charge >= 0.3 is 0 Å². The third-order valence-electron chi connectivity index (χ3n) is 3.49. The second-order valence-electron chi connectivity index (χ2n) is 4.83. The summed E-state index contributed by atoms with van der Waals surface area (Å²) in [7, 11) is 0. The predicted molar refractivity (Wildman–Crippen MR) is 63.7 cm³/mol. The van der Waals surface area contributed by atoms with Crippen molar-refractivity contribution in [2.45, 2.75) is 51.4 Å². The molecule has 0 aromatic heterocycles. The van der Waals surface area contributed by atoms with E-state index in [0.717, 1.165) is 24.4 Å². The van der Waals surface area contributed by atoms with Gasteiger partial charge in [-0.2, -0.15) is 0 Å². The van der Waals surface area contributed by atoms with Crippen LogP contribution in [0.2, 0.25) is 0 Å². The Labute approximate surface area is 97.4 Å². The number of allylic oxidation sites excluding steroid dienone is 3. The fraction of sp³-hybridized carbons (Fsp3) is 0.643. The fourth-order valence-corrected chi connectivity index (χ4v) is 2.52. The third kappa shape index (κ3) is 2.97. The molecule has 88 valence electrons. The smallest absolute Gasteiger partial charge is 0.159 e. The Morgan fingerprint density at radius 2 is 1.94 bits per heavy atom. The molecule has 0 aromatic carbocycles. The third-order valence-corrected chi connectivity index (χ3v) is 3.49. The van der Waals surface area contributed by atoms with E-state index in [1.54, 1.807) is 6.08 Å². The van der Waals surface area contributed by atoms with E-state index in [-0.39, 0.29) is 5.78 Å². The maximum absolute atomic E-state index is 11.2. The van der Waals surface area contributed by atoms with Crippen molar-refractivity contribution in [3.8, 4) is 0 Å². The summed E-state index contributed by atoms with van der Waals surface area (Å²) < 4.78 is 5.75. The van der Waals surface area contributed by atoms with Crippen molar-refractivity contribution in [2.75, 3.05) is 0 Å². The van der Waals surface area contributed by atoms with Crippen LogP contribution in [0.3, 0.4) is 0 Å². The van der Waals surface area contributed by atoms with Gasteiger partial charge in [-0.25, -0.2) is 0 Å². The van der Waals surface area contributed by atoms with Crippen LogP contribution in [-0.4, -0.2) is 5.78 Å². The lowest BCUT2D eigenvalue weighted by Crippen LogP contribution is -2.12. The molecule has 0 radical (unpaired) electrons. The van der Waals surface area contributed by atoms with Gasteiger partial charge in [0.25, 0.3) is 0 Å². The Bertz CT molecular complexity index is 309. The van der Waals surface area contributed by atoms with Crippen LogP contribution in [0.25, 0.3) is 0 Å². The molecule has 0 N–H and O–H groups in total. The maximum Gasteiger partial charge on any atom is 0.159 e. The first-order valence-corrected chi connectivity index (χ1v) is 6.36. The summed E-state index contributed by atoms with van der Waals surface area (Å²) in [5, 5.41) is 0. The van der Waals surface area contributed by atoms with Gasteiger partial charge in [-0.1, -0.05) is 25.8 Å². The zero-order chi connectivity index (χ0) is 11.4. The molecule has 2 aliphatic carbocycles. The van der Waals surface area contributed by atoms with Gasteiger partial charge in [0.05, 0.1) is 5.76 Å². The second kappa shape index (κ2) is 5.33. The molecule has 0 spiro atoms. The summed E-state index contributed by atoms with van der Waals surface area (Å²) in [4.78, 5) is 11.2. The number of ether oxygens (including phenoxy) is 1. The average Bonchev–Trinajstić information content (AvgIpc) is 2.30. The molecule has 0 unspecified atom stereocenters. The molecule has 2 heteroatoms. The van der Waals surface area contributed by atoms with Gasteiger partial charge < -0.3 is 4.74 Å². The van der Waals surface area contributed by atoms with Crippen molar-refractivity contribution in [2.24, 2.45) is 5.92 Å². The van der Waals surface area contributed by atoms with Crippen molar-refractivity contribution in [3.63, 3.8) is 0 Å². The Morgan fingerprint density at radius 1 is 1.19 bits per heavy atom. The molecule has 0 aliphatic heterocycles. The van der Waals surface area contributed by atoms with Crippen molar-refractivity contribution < 1.29 is 9.53 Å². The number of ketones is 1. The Morgan fingerprint density at radius 3 is 2.62 bits per heavy atom. The zero-order valence-electron chi connectivity index (χ0n) is 9.84. The minimum atomic E-state index is 0.192. The van der Waals surface area contributed by atoms with Gasteiger partial charge in [0.1, 0.15) is 5.76 Å². The van der Waals surface area contributed by atoms with Gasteiger partial charge in [-0.05, 0) is 19.3 Å². The first-order valence-electron chi connectivity index (χ1n) is 6.36. The second-order valence-corrected chi connectivity index (χ2v) is 4.83. The fourth-order valence-electron chi connectivity index (χ4n) is 2.52. The van der Waals surface area contributed by atoms with E-state index in [1.807, 2.05) is 0 Å². The van der Waals surface area contributed by atoms with E-state index in [1.165, 1.54) is 32.1 Å². The average molecular weight is 220 g/mol. The lowest BCUT2D eigenvalue weighted by molar-refractivity contribution is -0.115. The molecule has 2 aliphatic rings. The highest BCUT2D eigenvalue weighted by Crippen LogP contribution is 2.31. The van der Waals surface area contributed by atoms with Crippen LogP contribution >= 0.6 is 0 Å². The standard InChI is InChI=1S/C14H20O2/c1-11(12-6-3-2-4-7-12)16-14-9-5-8-13(15)10-14/h10,12H,1-9H2. The van der Waals surface area contributed by atoms with Crippen molar-refractivity contribution in [3.05, 3.63) is 24.2 Å². The highest BCUT2D eigenvalue weighted by atomic mass is 16.5. The van der Waals surface area contributed by atoms with E-state index in [9.17, 15) is 4.79 Å². The monoisotopic (exact) mass is 220 g/mol. The molecule has 0 saturated heterocycles. The molecule has 0 bridgehead atoms. The van der Waals surface area contributed by atoms with Crippen LogP contribution in [0.15, 0.2) is 24.2 Å². The van der Waals surface area contributed by atoms with Gasteiger partial charge in [-0.3, -0.25) is 4.79 Å². The lowest BCUT2D eigenvalue weighted by Gasteiger charge is -2.25. The molecular formula is C14H20O2. The molecule has 0 amide bonds. The van der Waals surface area contributed by atoms with Crippen LogP contribution in [-0.2, 0) is 9.53 Å². The molecule has 2 rings (SSSR count). The van der Waals surface area contributed by atoms with Crippen LogP contribution in [0.5, 0.6) is 0 Å². The summed E-state index contributed by atoms with van der Waals surface area (Å²) in [6, 6.07) is 0. The Balaban J connectivity index is 1.88. The largest absolute Gasteiger partial charge is 0.466 e. The first kappa shape index (κ1) is 11.4. The van der Waals surface area contributed by atoms with Gasteiger partial charge in [0, 0.05) is 24.8 Å². The Hall–Kier alpha value is -1.05. The molecule has 16 heavy (non-hydrogen) atoms. The predicted octanol–water partition coefficient (Wildman–Crippen LogP) is 3.73. The number of carbonyl (C=O) groups excluding carboxylic acids is 1. The SMILES string of the molecule is C=C(OC1=CC(=O)CCC1)C1CCCCC1. The summed E-state index contributed by atoms with van der Waals surface area (Å²) in [6.45, 7) is 4.02. The van der Waals surface area contributed by atoms with E-state index in [2.05, 4.69) is 6.58 Å². The van der Waals surface area contributed by atoms with E-state index in [4.69, 9.17) is 4.74 Å². The van der Waals surface area contributed by atoms with Crippen LogP contribution in [0, 0.1) is 5.92 Å². The molecule has 0 heterocycles. The molecule has 0 aromatic rings. The first-order chi connectivity index (χ1) is 7.75. The summed E-state index contributed by atoms with van der Waals surface area (Å²) >= 11 is 0. The number of hydrogen-bond acceptors (Lipinski definition) is 2. The number of hydrogen-bond donors (Lipinski definition) is 0. The van der Waals surface area contributed by atoms with Crippen LogP contribution in [0.4, 0.5) is 0 Å². The minimum Gasteiger partial charge on any atom is -0.466 e.